The topological polar surface area (TPSA) is 47.0 Å². The highest BCUT2D eigenvalue weighted by atomic mass is 32.2. The van der Waals surface area contributed by atoms with E-state index in [9.17, 15) is 0 Å². The molecule has 4 nitrogen and oxygen atoms in total. The number of aromatic nitrogens is 2. The van der Waals surface area contributed by atoms with E-state index in [0.29, 0.717) is 11.3 Å². The molecule has 0 spiro atoms. The van der Waals surface area contributed by atoms with Gasteiger partial charge in [-0.25, -0.2) is 9.97 Å². The van der Waals surface area contributed by atoms with Gasteiger partial charge in [0.25, 0.3) is 0 Å². The summed E-state index contributed by atoms with van der Waals surface area (Å²) in [4.78, 5) is 8.27. The molecule has 0 saturated heterocycles. The molecular formula is C15H17N3OS. The minimum Gasteiger partial charge on any atom is -0.497 e. The second-order valence-corrected chi connectivity index (χ2v) is 6.00. The molecule has 1 heterocycles. The fourth-order valence-electron chi connectivity index (χ4n) is 2.66. The van der Waals surface area contributed by atoms with Crippen molar-refractivity contribution in [3.05, 3.63) is 47.9 Å². The van der Waals surface area contributed by atoms with Crippen LogP contribution in [0.25, 0.3) is 0 Å². The zero-order valence-corrected chi connectivity index (χ0v) is 12.4. The summed E-state index contributed by atoms with van der Waals surface area (Å²) in [5.74, 6) is 0.914. The zero-order chi connectivity index (χ0) is 13.9. The van der Waals surface area contributed by atoms with E-state index in [-0.39, 0.29) is 0 Å². The monoisotopic (exact) mass is 287 g/mol. The van der Waals surface area contributed by atoms with Crippen molar-refractivity contribution >= 4 is 11.8 Å². The number of benzene rings is 1. The molecule has 3 rings (SSSR count). The van der Waals surface area contributed by atoms with E-state index in [4.69, 9.17) is 4.74 Å². The van der Waals surface area contributed by atoms with Crippen molar-refractivity contribution in [3.8, 4) is 5.75 Å². The molecule has 104 valence electrons. The van der Waals surface area contributed by atoms with Gasteiger partial charge in [-0.05, 0) is 42.8 Å². The quantitative estimate of drug-likeness (QED) is 0.875. The van der Waals surface area contributed by atoms with Crippen LogP contribution < -0.4 is 10.1 Å². The molecule has 20 heavy (non-hydrogen) atoms. The van der Waals surface area contributed by atoms with E-state index in [1.807, 2.05) is 19.2 Å². The molecular weight excluding hydrogens is 270 g/mol. The molecule has 0 amide bonds. The summed E-state index contributed by atoms with van der Waals surface area (Å²) >= 11 is 1.80. The Bertz CT molecular complexity index is 591. The maximum Gasteiger partial charge on any atom is 0.119 e. The first-order valence-corrected chi connectivity index (χ1v) is 7.46. The Morgan fingerprint density at radius 1 is 1.35 bits per heavy atom. The number of fused-ring (bicyclic) bond motifs is 1. The van der Waals surface area contributed by atoms with Crippen molar-refractivity contribution in [2.75, 3.05) is 14.2 Å². The predicted molar refractivity (Wildman–Crippen MR) is 80.2 cm³/mol. The van der Waals surface area contributed by atoms with E-state index in [1.165, 1.54) is 11.1 Å². The SMILES string of the molecule is CNC1c2cc(OC)ccc2CC1Sc1ccncn1. The fourth-order valence-corrected chi connectivity index (χ4v) is 3.90. The van der Waals surface area contributed by atoms with Gasteiger partial charge in [-0.15, -0.1) is 11.8 Å². The third kappa shape index (κ3) is 2.51. The van der Waals surface area contributed by atoms with Crippen molar-refractivity contribution in [1.82, 2.24) is 15.3 Å². The van der Waals surface area contributed by atoms with Crippen LogP contribution in [0.1, 0.15) is 17.2 Å². The average Bonchev–Trinajstić information content (AvgIpc) is 2.84. The van der Waals surface area contributed by atoms with Crippen molar-refractivity contribution in [3.63, 3.8) is 0 Å². The summed E-state index contributed by atoms with van der Waals surface area (Å²) in [6, 6.07) is 8.61. The first-order valence-electron chi connectivity index (χ1n) is 6.58. The smallest absolute Gasteiger partial charge is 0.119 e. The number of hydrogen-bond acceptors (Lipinski definition) is 5. The van der Waals surface area contributed by atoms with Crippen molar-refractivity contribution < 1.29 is 4.74 Å². The maximum absolute atomic E-state index is 5.33. The number of nitrogens with one attached hydrogen (secondary N) is 1. The second kappa shape index (κ2) is 5.81. The Balaban J connectivity index is 1.85. The van der Waals surface area contributed by atoms with Crippen LogP contribution in [0, 0.1) is 0 Å². The van der Waals surface area contributed by atoms with E-state index in [2.05, 4.69) is 27.4 Å². The normalized spacial score (nSPS) is 20.7. The van der Waals surface area contributed by atoms with Gasteiger partial charge in [0, 0.05) is 17.5 Å². The third-order valence-electron chi connectivity index (χ3n) is 3.62. The van der Waals surface area contributed by atoms with Crippen molar-refractivity contribution in [1.29, 1.82) is 0 Å². The molecule has 0 bridgehead atoms. The highest BCUT2D eigenvalue weighted by Crippen LogP contribution is 2.41. The lowest BCUT2D eigenvalue weighted by molar-refractivity contribution is 0.413. The molecule has 2 aromatic rings. The van der Waals surface area contributed by atoms with Gasteiger partial charge in [-0.2, -0.15) is 0 Å². The Morgan fingerprint density at radius 2 is 2.25 bits per heavy atom. The van der Waals surface area contributed by atoms with Crippen LogP contribution in [-0.2, 0) is 6.42 Å². The molecule has 0 radical (unpaired) electrons. The van der Waals surface area contributed by atoms with Crippen molar-refractivity contribution in [2.45, 2.75) is 22.7 Å². The molecule has 0 fully saturated rings. The van der Waals surface area contributed by atoms with E-state index < -0.39 is 0 Å². The molecule has 1 aliphatic rings. The zero-order valence-electron chi connectivity index (χ0n) is 11.5. The van der Waals surface area contributed by atoms with E-state index >= 15 is 0 Å². The molecule has 1 aromatic carbocycles. The van der Waals surface area contributed by atoms with Gasteiger partial charge in [0.15, 0.2) is 0 Å². The second-order valence-electron chi connectivity index (χ2n) is 4.74. The predicted octanol–water partition coefficient (Wildman–Crippen LogP) is 2.46. The maximum atomic E-state index is 5.33. The Hall–Kier alpha value is -1.59. The molecule has 1 aliphatic carbocycles. The molecule has 2 atom stereocenters. The van der Waals surface area contributed by atoms with Crippen molar-refractivity contribution in [2.24, 2.45) is 0 Å². The minimum absolute atomic E-state index is 0.320. The van der Waals surface area contributed by atoms with Crippen LogP contribution in [0.4, 0.5) is 0 Å². The molecule has 5 heteroatoms. The fraction of sp³-hybridized carbons (Fsp3) is 0.333. The van der Waals surface area contributed by atoms with Gasteiger partial charge in [0.2, 0.25) is 0 Å². The number of nitrogens with zero attached hydrogens (tertiary/aromatic N) is 2. The first kappa shape index (κ1) is 13.4. The summed E-state index contributed by atoms with van der Waals surface area (Å²) in [7, 11) is 3.71. The van der Waals surface area contributed by atoms with Gasteiger partial charge in [0.05, 0.1) is 12.1 Å². The molecule has 2 unspecified atom stereocenters. The van der Waals surface area contributed by atoms with Crippen LogP contribution in [0.2, 0.25) is 0 Å². The number of thioether (sulfide) groups is 1. The van der Waals surface area contributed by atoms with E-state index in [0.717, 1.165) is 17.2 Å². The Kier molecular flexibility index (Phi) is 3.89. The summed E-state index contributed by atoms with van der Waals surface area (Å²) in [6.45, 7) is 0. The lowest BCUT2D eigenvalue weighted by Gasteiger charge is -2.19. The van der Waals surface area contributed by atoms with Gasteiger partial charge in [-0.3, -0.25) is 0 Å². The largest absolute Gasteiger partial charge is 0.497 e. The molecule has 1 aromatic heterocycles. The first-order chi connectivity index (χ1) is 9.81. The van der Waals surface area contributed by atoms with Crippen LogP contribution >= 0.6 is 11.8 Å². The summed E-state index contributed by atoms with van der Waals surface area (Å²) in [5, 5.41) is 4.88. The van der Waals surface area contributed by atoms with Gasteiger partial charge in [0.1, 0.15) is 12.1 Å². The summed E-state index contributed by atoms with van der Waals surface area (Å²) in [5.41, 5.74) is 2.72. The van der Waals surface area contributed by atoms with Crippen LogP contribution in [0.5, 0.6) is 5.75 Å². The van der Waals surface area contributed by atoms with Gasteiger partial charge < -0.3 is 10.1 Å². The highest BCUT2D eigenvalue weighted by Gasteiger charge is 2.32. The highest BCUT2D eigenvalue weighted by molar-refractivity contribution is 7.99. The number of ether oxygens (including phenoxy) is 1. The summed E-state index contributed by atoms with van der Waals surface area (Å²) in [6.07, 6.45) is 4.43. The minimum atomic E-state index is 0.320. The average molecular weight is 287 g/mol. The standard InChI is InChI=1S/C15H17N3OS/c1-16-15-12-8-11(19-2)4-3-10(12)7-13(15)20-14-5-6-17-9-18-14/h3-6,8-9,13,15-16H,7H2,1-2H3. The van der Waals surface area contributed by atoms with Crippen LogP contribution in [-0.4, -0.2) is 29.4 Å². The van der Waals surface area contributed by atoms with E-state index in [1.54, 1.807) is 31.4 Å². The molecule has 0 saturated carbocycles. The number of rotatable bonds is 4. The lowest BCUT2D eigenvalue weighted by Crippen LogP contribution is -2.23. The van der Waals surface area contributed by atoms with Crippen LogP contribution in [0.3, 0.4) is 0 Å². The van der Waals surface area contributed by atoms with Gasteiger partial charge in [-0.1, -0.05) is 6.07 Å². The molecule has 1 N–H and O–H groups in total. The number of methoxy groups -OCH3 is 1. The van der Waals surface area contributed by atoms with Gasteiger partial charge >= 0.3 is 0 Å². The third-order valence-corrected chi connectivity index (χ3v) is 4.84. The summed E-state index contributed by atoms with van der Waals surface area (Å²) < 4.78 is 5.33. The van der Waals surface area contributed by atoms with Crippen LogP contribution in [0.15, 0.2) is 41.8 Å². The number of hydrogen-bond donors (Lipinski definition) is 1. The Morgan fingerprint density at radius 3 is 2.95 bits per heavy atom. The lowest BCUT2D eigenvalue weighted by atomic mass is 10.1. The Labute approximate surface area is 123 Å². The molecule has 0 aliphatic heterocycles.